The third-order valence-electron chi connectivity index (χ3n) is 1.18. The van der Waals surface area contributed by atoms with E-state index in [1.807, 2.05) is 0 Å². The van der Waals surface area contributed by atoms with Crippen LogP contribution in [0.4, 0.5) is 0 Å². The quantitative estimate of drug-likeness (QED) is 0.572. The monoisotopic (exact) mass is 147 g/mol. The van der Waals surface area contributed by atoms with Gasteiger partial charge in [0.1, 0.15) is 12.7 Å². The van der Waals surface area contributed by atoms with Gasteiger partial charge in [0.05, 0.1) is 0 Å². The summed E-state index contributed by atoms with van der Waals surface area (Å²) in [4.78, 5) is 11.7. The van der Waals surface area contributed by atoms with Crippen LogP contribution in [-0.4, -0.2) is 24.7 Å². The van der Waals surface area contributed by atoms with Gasteiger partial charge in [0.15, 0.2) is 0 Å². The molecular weight excluding hydrogens is 142 g/mol. The van der Waals surface area contributed by atoms with E-state index >= 15 is 0 Å². The van der Waals surface area contributed by atoms with E-state index in [1.54, 1.807) is 24.8 Å². The van der Waals surface area contributed by atoms with E-state index in [4.69, 9.17) is 0 Å². The first-order valence-corrected chi connectivity index (χ1v) is 3.09. The van der Waals surface area contributed by atoms with Gasteiger partial charge in [-0.25, -0.2) is 15.0 Å². The SMILES string of the molecule is c1cnc(-n2cncn2)nc1. The number of nitrogens with zero attached hydrogens (tertiary/aromatic N) is 5. The third kappa shape index (κ3) is 1.07. The van der Waals surface area contributed by atoms with Crippen molar-refractivity contribution >= 4 is 0 Å². The number of aromatic nitrogens is 5. The van der Waals surface area contributed by atoms with Gasteiger partial charge < -0.3 is 0 Å². The van der Waals surface area contributed by atoms with Crippen LogP contribution in [0.1, 0.15) is 0 Å². The molecule has 2 heterocycles. The fourth-order valence-electron chi connectivity index (χ4n) is 0.721. The molecule has 0 N–H and O–H groups in total. The second kappa shape index (κ2) is 2.45. The van der Waals surface area contributed by atoms with E-state index < -0.39 is 0 Å². The maximum atomic E-state index is 3.97. The fourth-order valence-corrected chi connectivity index (χ4v) is 0.721. The summed E-state index contributed by atoms with van der Waals surface area (Å²) in [5.74, 6) is 0.532. The first-order chi connectivity index (χ1) is 5.47. The lowest BCUT2D eigenvalue weighted by Gasteiger charge is -1.93. The van der Waals surface area contributed by atoms with Gasteiger partial charge in [0.2, 0.25) is 0 Å². The van der Waals surface area contributed by atoms with Gasteiger partial charge in [-0.3, -0.25) is 0 Å². The van der Waals surface area contributed by atoms with Crippen LogP contribution >= 0.6 is 0 Å². The summed E-state index contributed by atoms with van der Waals surface area (Å²) in [6.07, 6.45) is 6.31. The van der Waals surface area contributed by atoms with Crippen molar-refractivity contribution in [3.05, 3.63) is 31.1 Å². The molecule has 0 bridgehead atoms. The molecular formula is C6H5N5. The van der Waals surface area contributed by atoms with E-state index in [0.717, 1.165) is 0 Å². The van der Waals surface area contributed by atoms with Crippen molar-refractivity contribution in [2.24, 2.45) is 0 Å². The Bertz CT molecular complexity index is 314. The second-order valence-electron chi connectivity index (χ2n) is 1.89. The molecule has 5 nitrogen and oxygen atoms in total. The molecule has 0 saturated heterocycles. The van der Waals surface area contributed by atoms with Crippen molar-refractivity contribution in [3.63, 3.8) is 0 Å². The third-order valence-corrected chi connectivity index (χ3v) is 1.18. The Hall–Kier alpha value is -1.78. The van der Waals surface area contributed by atoms with Crippen molar-refractivity contribution in [1.29, 1.82) is 0 Å². The standard InChI is InChI=1S/C6H5N5/c1-2-8-6(9-3-1)11-5-7-4-10-11/h1-5H. The molecule has 0 aliphatic heterocycles. The van der Waals surface area contributed by atoms with Gasteiger partial charge in [-0.15, -0.1) is 0 Å². The summed E-state index contributed by atoms with van der Waals surface area (Å²) in [5, 5.41) is 3.87. The molecule has 0 atom stereocenters. The number of hydrogen-bond donors (Lipinski definition) is 0. The van der Waals surface area contributed by atoms with E-state index in [0.29, 0.717) is 5.95 Å². The second-order valence-corrected chi connectivity index (χ2v) is 1.89. The molecule has 0 saturated carbocycles. The maximum absolute atomic E-state index is 3.97. The average molecular weight is 147 g/mol. The van der Waals surface area contributed by atoms with E-state index in [1.165, 1.54) is 11.0 Å². The Morgan fingerprint density at radius 3 is 2.64 bits per heavy atom. The van der Waals surface area contributed by atoms with Gasteiger partial charge in [0.25, 0.3) is 5.95 Å². The molecule has 0 aromatic carbocycles. The summed E-state index contributed by atoms with van der Waals surface area (Å²) < 4.78 is 1.50. The van der Waals surface area contributed by atoms with Gasteiger partial charge in [-0.05, 0) is 6.07 Å². The highest BCUT2D eigenvalue weighted by Crippen LogP contribution is 1.92. The summed E-state index contributed by atoms with van der Waals surface area (Å²) in [6.45, 7) is 0. The summed E-state index contributed by atoms with van der Waals surface area (Å²) in [7, 11) is 0. The zero-order valence-corrected chi connectivity index (χ0v) is 5.62. The van der Waals surface area contributed by atoms with Crippen molar-refractivity contribution in [3.8, 4) is 5.95 Å². The molecule has 0 aliphatic carbocycles. The molecule has 2 aromatic rings. The minimum Gasteiger partial charge on any atom is -0.223 e. The molecule has 2 aromatic heterocycles. The van der Waals surface area contributed by atoms with Crippen LogP contribution in [0.15, 0.2) is 31.1 Å². The van der Waals surface area contributed by atoms with Gasteiger partial charge >= 0.3 is 0 Å². The predicted octanol–water partition coefficient (Wildman–Crippen LogP) is 0.0573. The van der Waals surface area contributed by atoms with Crippen LogP contribution in [0, 0.1) is 0 Å². The average Bonchev–Trinajstić information content (AvgIpc) is 2.58. The van der Waals surface area contributed by atoms with Crippen LogP contribution in [0.3, 0.4) is 0 Å². The molecule has 0 radical (unpaired) electrons. The number of hydrogen-bond acceptors (Lipinski definition) is 4. The van der Waals surface area contributed by atoms with Gasteiger partial charge in [-0.2, -0.15) is 9.78 Å². The molecule has 2 rings (SSSR count). The Kier molecular flexibility index (Phi) is 1.33. The van der Waals surface area contributed by atoms with Crippen LogP contribution < -0.4 is 0 Å². The fraction of sp³-hybridized carbons (Fsp3) is 0. The Morgan fingerprint density at radius 2 is 2.00 bits per heavy atom. The molecule has 0 fully saturated rings. The molecule has 0 spiro atoms. The summed E-state index contributed by atoms with van der Waals surface area (Å²) >= 11 is 0. The van der Waals surface area contributed by atoms with Crippen LogP contribution in [0.5, 0.6) is 0 Å². The minimum absolute atomic E-state index is 0.532. The van der Waals surface area contributed by atoms with Gasteiger partial charge in [-0.1, -0.05) is 0 Å². The maximum Gasteiger partial charge on any atom is 0.251 e. The molecule has 0 amide bonds. The largest absolute Gasteiger partial charge is 0.251 e. The Balaban J connectivity index is 2.46. The smallest absolute Gasteiger partial charge is 0.223 e. The topological polar surface area (TPSA) is 56.5 Å². The lowest BCUT2D eigenvalue weighted by Crippen LogP contribution is -1.99. The van der Waals surface area contributed by atoms with E-state index in [-0.39, 0.29) is 0 Å². The first kappa shape index (κ1) is 5.96. The van der Waals surface area contributed by atoms with Crippen LogP contribution in [0.2, 0.25) is 0 Å². The molecule has 5 heteroatoms. The predicted molar refractivity (Wildman–Crippen MR) is 36.9 cm³/mol. The first-order valence-electron chi connectivity index (χ1n) is 3.09. The van der Waals surface area contributed by atoms with E-state index in [2.05, 4.69) is 20.1 Å². The van der Waals surface area contributed by atoms with Crippen LogP contribution in [0.25, 0.3) is 5.95 Å². The lowest BCUT2D eigenvalue weighted by atomic mass is 10.7. The van der Waals surface area contributed by atoms with Gasteiger partial charge in [0, 0.05) is 12.4 Å². The molecule has 54 valence electrons. The Morgan fingerprint density at radius 1 is 1.18 bits per heavy atom. The Labute approximate surface area is 62.8 Å². The highest BCUT2D eigenvalue weighted by atomic mass is 15.4. The lowest BCUT2D eigenvalue weighted by molar-refractivity contribution is 0.806. The van der Waals surface area contributed by atoms with E-state index in [9.17, 15) is 0 Å². The minimum atomic E-state index is 0.532. The summed E-state index contributed by atoms with van der Waals surface area (Å²) in [6, 6.07) is 1.75. The zero-order valence-electron chi connectivity index (χ0n) is 5.62. The number of rotatable bonds is 1. The summed E-state index contributed by atoms with van der Waals surface area (Å²) in [5.41, 5.74) is 0. The molecule has 0 aliphatic rings. The highest BCUT2D eigenvalue weighted by molar-refractivity contribution is 5.04. The molecule has 0 unspecified atom stereocenters. The highest BCUT2D eigenvalue weighted by Gasteiger charge is 1.95. The zero-order chi connectivity index (χ0) is 7.52. The normalized spacial score (nSPS) is 9.82. The van der Waals surface area contributed by atoms with Crippen molar-refractivity contribution in [1.82, 2.24) is 24.7 Å². The van der Waals surface area contributed by atoms with Crippen molar-refractivity contribution in [2.45, 2.75) is 0 Å². The van der Waals surface area contributed by atoms with Crippen molar-refractivity contribution < 1.29 is 0 Å². The van der Waals surface area contributed by atoms with Crippen LogP contribution in [-0.2, 0) is 0 Å². The molecule has 11 heavy (non-hydrogen) atoms. The van der Waals surface area contributed by atoms with Crippen molar-refractivity contribution in [2.75, 3.05) is 0 Å².